The van der Waals surface area contributed by atoms with Gasteiger partial charge in [-0.3, -0.25) is 14.2 Å². The summed E-state index contributed by atoms with van der Waals surface area (Å²) < 4.78 is 7.31. The van der Waals surface area contributed by atoms with Gasteiger partial charge < -0.3 is 14.5 Å². The zero-order valence-electron chi connectivity index (χ0n) is 13.6. The van der Waals surface area contributed by atoms with E-state index in [4.69, 9.17) is 4.74 Å². The van der Waals surface area contributed by atoms with E-state index in [0.29, 0.717) is 12.5 Å². The first-order valence-electron chi connectivity index (χ1n) is 8.20. The SMILES string of the molecule is CN1CC(CN2CCC(Cn3cnccc3=O)CC2)OCC1=O. The molecule has 7 heteroatoms. The smallest absolute Gasteiger partial charge is 0.253 e. The van der Waals surface area contributed by atoms with E-state index in [9.17, 15) is 9.59 Å². The lowest BCUT2D eigenvalue weighted by molar-refractivity contribution is -0.148. The van der Waals surface area contributed by atoms with Gasteiger partial charge in [0.1, 0.15) is 6.61 Å². The number of aromatic nitrogens is 2. The van der Waals surface area contributed by atoms with E-state index in [1.54, 1.807) is 15.8 Å². The zero-order chi connectivity index (χ0) is 16.2. The first-order chi connectivity index (χ1) is 11.1. The monoisotopic (exact) mass is 320 g/mol. The minimum Gasteiger partial charge on any atom is -0.365 e. The summed E-state index contributed by atoms with van der Waals surface area (Å²) >= 11 is 0. The lowest BCUT2D eigenvalue weighted by Gasteiger charge is -2.37. The van der Waals surface area contributed by atoms with Crippen molar-refractivity contribution < 1.29 is 9.53 Å². The molecule has 2 aliphatic rings. The number of carbonyl (C=O) groups excluding carboxylic acids is 1. The van der Waals surface area contributed by atoms with E-state index in [0.717, 1.165) is 39.0 Å². The van der Waals surface area contributed by atoms with Crippen LogP contribution in [-0.2, 0) is 16.1 Å². The van der Waals surface area contributed by atoms with Crippen LogP contribution in [0.1, 0.15) is 12.8 Å². The maximum Gasteiger partial charge on any atom is 0.253 e. The van der Waals surface area contributed by atoms with Crippen LogP contribution in [0.2, 0.25) is 0 Å². The Hall–Kier alpha value is -1.73. The minimum atomic E-state index is 0.0192. The Morgan fingerprint density at radius 1 is 1.26 bits per heavy atom. The molecule has 0 N–H and O–H groups in total. The molecule has 3 rings (SSSR count). The molecule has 0 spiro atoms. The maximum absolute atomic E-state index is 11.7. The van der Waals surface area contributed by atoms with Crippen molar-refractivity contribution in [3.63, 3.8) is 0 Å². The average Bonchev–Trinajstić information content (AvgIpc) is 2.55. The Bertz CT molecular complexity index is 595. The summed E-state index contributed by atoms with van der Waals surface area (Å²) in [6.07, 6.45) is 5.41. The van der Waals surface area contributed by atoms with Crippen molar-refractivity contribution in [2.45, 2.75) is 25.5 Å². The number of rotatable bonds is 4. The highest BCUT2D eigenvalue weighted by atomic mass is 16.5. The second-order valence-corrected chi connectivity index (χ2v) is 6.52. The fourth-order valence-electron chi connectivity index (χ4n) is 3.30. The van der Waals surface area contributed by atoms with Crippen molar-refractivity contribution in [1.82, 2.24) is 19.4 Å². The van der Waals surface area contributed by atoms with Crippen LogP contribution in [0.15, 0.2) is 23.4 Å². The van der Waals surface area contributed by atoms with Gasteiger partial charge in [-0.15, -0.1) is 0 Å². The minimum absolute atomic E-state index is 0.0192. The molecule has 1 aromatic rings. The molecular weight excluding hydrogens is 296 g/mol. The summed E-state index contributed by atoms with van der Waals surface area (Å²) in [5.41, 5.74) is 0.0192. The number of hydrogen-bond donors (Lipinski definition) is 0. The Morgan fingerprint density at radius 3 is 2.74 bits per heavy atom. The van der Waals surface area contributed by atoms with Gasteiger partial charge in [0.25, 0.3) is 5.56 Å². The van der Waals surface area contributed by atoms with Crippen molar-refractivity contribution in [1.29, 1.82) is 0 Å². The third kappa shape index (κ3) is 4.17. The van der Waals surface area contributed by atoms with E-state index in [1.165, 1.54) is 12.3 Å². The molecule has 0 bridgehead atoms. The van der Waals surface area contributed by atoms with Crippen molar-refractivity contribution in [2.24, 2.45) is 5.92 Å². The summed E-state index contributed by atoms with van der Waals surface area (Å²) in [4.78, 5) is 31.3. The van der Waals surface area contributed by atoms with Crippen molar-refractivity contribution in [2.75, 3.05) is 39.8 Å². The molecule has 0 saturated carbocycles. The van der Waals surface area contributed by atoms with Gasteiger partial charge in [0.2, 0.25) is 5.91 Å². The fraction of sp³-hybridized carbons (Fsp3) is 0.688. The van der Waals surface area contributed by atoms with Gasteiger partial charge in [0.15, 0.2) is 0 Å². The number of amides is 1. The van der Waals surface area contributed by atoms with E-state index in [-0.39, 0.29) is 24.2 Å². The summed E-state index contributed by atoms with van der Waals surface area (Å²) in [6, 6.07) is 1.51. The molecule has 1 atom stereocenters. The van der Waals surface area contributed by atoms with E-state index in [2.05, 4.69) is 9.88 Å². The lowest BCUT2D eigenvalue weighted by atomic mass is 9.96. The third-order valence-electron chi connectivity index (χ3n) is 4.76. The summed E-state index contributed by atoms with van der Waals surface area (Å²) in [5.74, 6) is 0.576. The zero-order valence-corrected chi connectivity index (χ0v) is 13.6. The second kappa shape index (κ2) is 7.23. The normalized spacial score (nSPS) is 24.1. The highest BCUT2D eigenvalue weighted by Crippen LogP contribution is 2.19. The Balaban J connectivity index is 1.44. The predicted molar refractivity (Wildman–Crippen MR) is 85.0 cm³/mol. The number of likely N-dealkylation sites (N-methyl/N-ethyl adjacent to an activating group) is 1. The number of piperidine rings is 1. The highest BCUT2D eigenvalue weighted by Gasteiger charge is 2.27. The average molecular weight is 320 g/mol. The summed E-state index contributed by atoms with van der Waals surface area (Å²) in [5, 5.41) is 0. The molecule has 3 heterocycles. The molecular formula is C16H24N4O3. The molecule has 0 aromatic carbocycles. The number of likely N-dealkylation sites (tertiary alicyclic amines) is 1. The molecule has 1 amide bonds. The van der Waals surface area contributed by atoms with Crippen LogP contribution in [0.5, 0.6) is 0 Å². The van der Waals surface area contributed by atoms with Crippen LogP contribution >= 0.6 is 0 Å². The fourth-order valence-corrected chi connectivity index (χ4v) is 3.30. The molecule has 2 fully saturated rings. The molecule has 2 aliphatic heterocycles. The molecule has 126 valence electrons. The number of carbonyl (C=O) groups is 1. The van der Waals surface area contributed by atoms with Gasteiger partial charge in [-0.25, -0.2) is 4.98 Å². The molecule has 0 aliphatic carbocycles. The first-order valence-corrected chi connectivity index (χ1v) is 8.20. The molecule has 7 nitrogen and oxygen atoms in total. The summed E-state index contributed by atoms with van der Waals surface area (Å²) in [6.45, 7) is 4.51. The van der Waals surface area contributed by atoms with Gasteiger partial charge in [-0.2, -0.15) is 0 Å². The van der Waals surface area contributed by atoms with Crippen LogP contribution < -0.4 is 5.56 Å². The van der Waals surface area contributed by atoms with Crippen LogP contribution in [-0.4, -0.2) is 71.2 Å². The molecule has 23 heavy (non-hydrogen) atoms. The van der Waals surface area contributed by atoms with Crippen LogP contribution in [0.3, 0.4) is 0 Å². The van der Waals surface area contributed by atoms with Gasteiger partial charge in [-0.05, 0) is 31.8 Å². The summed E-state index contributed by atoms with van der Waals surface area (Å²) in [7, 11) is 1.83. The standard InChI is InChI=1S/C16H24N4O3/c1-18-9-14(23-11-16(18)22)10-19-6-3-13(4-7-19)8-20-12-17-5-2-15(20)21/h2,5,12-14H,3-4,6-11H2,1H3. The van der Waals surface area contributed by atoms with Crippen molar-refractivity contribution in [3.05, 3.63) is 28.9 Å². The second-order valence-electron chi connectivity index (χ2n) is 6.52. The maximum atomic E-state index is 11.7. The number of nitrogens with zero attached hydrogens (tertiary/aromatic N) is 4. The Morgan fingerprint density at radius 2 is 2.04 bits per heavy atom. The molecule has 1 aromatic heterocycles. The number of morpholine rings is 1. The van der Waals surface area contributed by atoms with E-state index >= 15 is 0 Å². The molecule has 2 saturated heterocycles. The Labute approximate surface area is 135 Å². The quantitative estimate of drug-likeness (QED) is 0.769. The van der Waals surface area contributed by atoms with E-state index in [1.807, 2.05) is 7.05 Å². The van der Waals surface area contributed by atoms with Crippen molar-refractivity contribution >= 4 is 5.91 Å². The molecule has 1 unspecified atom stereocenters. The number of ether oxygens (including phenoxy) is 1. The first kappa shape index (κ1) is 16.1. The van der Waals surface area contributed by atoms with Gasteiger partial charge in [0.05, 0.1) is 12.4 Å². The highest BCUT2D eigenvalue weighted by molar-refractivity contribution is 5.77. The van der Waals surface area contributed by atoms with Crippen LogP contribution in [0.25, 0.3) is 0 Å². The number of hydrogen-bond acceptors (Lipinski definition) is 5. The van der Waals surface area contributed by atoms with Gasteiger partial charge in [0, 0.05) is 38.9 Å². The van der Waals surface area contributed by atoms with Gasteiger partial charge >= 0.3 is 0 Å². The van der Waals surface area contributed by atoms with Crippen molar-refractivity contribution in [3.8, 4) is 0 Å². The van der Waals surface area contributed by atoms with E-state index < -0.39 is 0 Å². The largest absolute Gasteiger partial charge is 0.365 e. The lowest BCUT2D eigenvalue weighted by Crippen LogP contribution is -2.50. The van der Waals surface area contributed by atoms with Crippen LogP contribution in [0.4, 0.5) is 0 Å². The third-order valence-corrected chi connectivity index (χ3v) is 4.76. The predicted octanol–water partition coefficient (Wildman–Crippen LogP) is -0.187. The topological polar surface area (TPSA) is 67.7 Å². The molecule has 0 radical (unpaired) electrons. The van der Waals surface area contributed by atoms with Gasteiger partial charge in [-0.1, -0.05) is 0 Å². The Kier molecular flexibility index (Phi) is 5.07. The van der Waals surface area contributed by atoms with Crippen LogP contribution in [0, 0.1) is 5.92 Å².